The van der Waals surface area contributed by atoms with Gasteiger partial charge in [0.1, 0.15) is 11.6 Å². The van der Waals surface area contributed by atoms with E-state index < -0.39 is 0 Å². The Morgan fingerprint density at radius 1 is 1.00 bits per heavy atom. The van der Waals surface area contributed by atoms with E-state index >= 15 is 0 Å². The summed E-state index contributed by atoms with van der Waals surface area (Å²) in [5.41, 5.74) is 5.46. The molecule has 34 heavy (non-hydrogen) atoms. The summed E-state index contributed by atoms with van der Waals surface area (Å²) in [5, 5.41) is 12.6. The third kappa shape index (κ3) is 5.66. The molecule has 3 aromatic carbocycles. The van der Waals surface area contributed by atoms with Crippen LogP contribution in [-0.2, 0) is 17.8 Å². The molecule has 0 unspecified atom stereocenters. The molecular formula is C27H28N4O2S. The lowest BCUT2D eigenvalue weighted by Gasteiger charge is -2.14. The van der Waals surface area contributed by atoms with Gasteiger partial charge in [-0.3, -0.25) is 9.36 Å². The summed E-state index contributed by atoms with van der Waals surface area (Å²) in [7, 11) is 1.63. The first-order chi connectivity index (χ1) is 16.5. The van der Waals surface area contributed by atoms with Gasteiger partial charge in [-0.1, -0.05) is 78.0 Å². The van der Waals surface area contributed by atoms with Gasteiger partial charge in [0, 0.05) is 18.5 Å². The van der Waals surface area contributed by atoms with E-state index in [1.54, 1.807) is 7.11 Å². The number of carbonyl (C=O) groups excluding carboxylic acids is 1. The number of carbonyl (C=O) groups is 1. The van der Waals surface area contributed by atoms with E-state index in [0.717, 1.165) is 34.0 Å². The van der Waals surface area contributed by atoms with E-state index in [-0.39, 0.29) is 11.7 Å². The Kier molecular flexibility index (Phi) is 7.65. The van der Waals surface area contributed by atoms with Crippen LogP contribution in [0, 0.1) is 13.8 Å². The Hall–Kier alpha value is -3.58. The summed E-state index contributed by atoms with van der Waals surface area (Å²) in [5.74, 6) is 1.77. The lowest BCUT2D eigenvalue weighted by Crippen LogP contribution is -2.25. The van der Waals surface area contributed by atoms with Crippen molar-refractivity contribution in [1.82, 2.24) is 20.1 Å². The van der Waals surface area contributed by atoms with E-state index in [1.165, 1.54) is 17.3 Å². The summed E-state index contributed by atoms with van der Waals surface area (Å²) in [6, 6.07) is 24.2. The number of aromatic nitrogens is 3. The van der Waals surface area contributed by atoms with Crippen molar-refractivity contribution in [3.8, 4) is 11.4 Å². The second-order valence-electron chi connectivity index (χ2n) is 8.06. The van der Waals surface area contributed by atoms with Crippen molar-refractivity contribution in [1.29, 1.82) is 0 Å². The van der Waals surface area contributed by atoms with E-state index in [1.807, 2.05) is 42.5 Å². The normalized spacial score (nSPS) is 10.8. The Labute approximate surface area is 204 Å². The molecule has 4 rings (SSSR count). The molecule has 1 N–H and O–H groups in total. The molecule has 174 valence electrons. The van der Waals surface area contributed by atoms with Crippen LogP contribution in [0.15, 0.2) is 78.0 Å². The first-order valence-corrected chi connectivity index (χ1v) is 12.1. The van der Waals surface area contributed by atoms with Gasteiger partial charge in [0.2, 0.25) is 5.91 Å². The molecule has 0 bridgehead atoms. The lowest BCUT2D eigenvalue weighted by molar-refractivity contribution is -0.118. The van der Waals surface area contributed by atoms with Crippen LogP contribution in [0.3, 0.4) is 0 Å². The number of amides is 1. The molecule has 4 aromatic rings. The highest BCUT2D eigenvalue weighted by molar-refractivity contribution is 7.99. The van der Waals surface area contributed by atoms with Crippen LogP contribution in [0.25, 0.3) is 5.69 Å². The Bertz CT molecular complexity index is 1270. The van der Waals surface area contributed by atoms with Gasteiger partial charge in [-0.2, -0.15) is 0 Å². The van der Waals surface area contributed by atoms with E-state index in [9.17, 15) is 4.79 Å². The zero-order valence-corrected chi connectivity index (χ0v) is 20.4. The Morgan fingerprint density at radius 2 is 1.76 bits per heavy atom. The summed E-state index contributed by atoms with van der Waals surface area (Å²) in [4.78, 5) is 12.6. The number of hydrogen-bond acceptors (Lipinski definition) is 5. The first kappa shape index (κ1) is 23.6. The third-order valence-corrected chi connectivity index (χ3v) is 6.43. The summed E-state index contributed by atoms with van der Waals surface area (Å²) < 4.78 is 7.43. The smallest absolute Gasteiger partial charge is 0.230 e. The number of nitrogens with one attached hydrogen (secondary N) is 1. The predicted octanol–water partition coefficient (Wildman–Crippen LogP) is 4.89. The molecule has 0 atom stereocenters. The van der Waals surface area contributed by atoms with Crippen LogP contribution in [0.5, 0.6) is 5.75 Å². The molecule has 6 nitrogen and oxygen atoms in total. The third-order valence-electron chi connectivity index (χ3n) is 5.50. The van der Waals surface area contributed by atoms with Gasteiger partial charge in [-0.05, 0) is 37.1 Å². The van der Waals surface area contributed by atoms with Gasteiger partial charge in [0.25, 0.3) is 0 Å². The average molecular weight is 473 g/mol. The lowest BCUT2D eigenvalue weighted by atomic mass is 10.1. The largest absolute Gasteiger partial charge is 0.496 e. The van der Waals surface area contributed by atoms with Crippen molar-refractivity contribution in [2.45, 2.75) is 32.0 Å². The Balaban J connectivity index is 1.52. The number of benzene rings is 3. The predicted molar refractivity (Wildman–Crippen MR) is 136 cm³/mol. The minimum Gasteiger partial charge on any atom is -0.496 e. The van der Waals surface area contributed by atoms with Crippen LogP contribution >= 0.6 is 11.8 Å². The maximum atomic E-state index is 12.6. The topological polar surface area (TPSA) is 69.0 Å². The highest BCUT2D eigenvalue weighted by Crippen LogP contribution is 2.26. The van der Waals surface area contributed by atoms with Gasteiger partial charge < -0.3 is 10.1 Å². The molecule has 0 aliphatic carbocycles. The number of para-hydroxylation sites is 1. The molecule has 0 radical (unpaired) electrons. The number of aryl methyl sites for hydroxylation is 2. The number of methoxy groups -OCH3 is 1. The number of rotatable bonds is 9. The molecule has 0 aliphatic heterocycles. The zero-order chi connectivity index (χ0) is 23.9. The molecule has 0 spiro atoms. The van der Waals surface area contributed by atoms with Crippen molar-refractivity contribution in [2.24, 2.45) is 0 Å². The van der Waals surface area contributed by atoms with Gasteiger partial charge in [-0.15, -0.1) is 10.2 Å². The molecular weight excluding hydrogens is 444 g/mol. The van der Waals surface area contributed by atoms with Crippen molar-refractivity contribution in [2.75, 3.05) is 12.9 Å². The monoisotopic (exact) mass is 472 g/mol. The van der Waals surface area contributed by atoms with Gasteiger partial charge in [-0.25, -0.2) is 0 Å². The van der Waals surface area contributed by atoms with E-state index in [0.29, 0.717) is 18.1 Å². The molecule has 1 aromatic heterocycles. The highest BCUT2D eigenvalue weighted by Gasteiger charge is 2.18. The minimum absolute atomic E-state index is 0.0734. The fraction of sp³-hybridized carbons (Fsp3) is 0.222. The quantitative estimate of drug-likeness (QED) is 0.351. The zero-order valence-electron chi connectivity index (χ0n) is 19.6. The molecule has 0 saturated carbocycles. The van der Waals surface area contributed by atoms with Crippen LogP contribution in [0.1, 0.15) is 28.1 Å². The van der Waals surface area contributed by atoms with Crippen molar-refractivity contribution in [3.05, 3.63) is 101 Å². The van der Waals surface area contributed by atoms with Crippen molar-refractivity contribution in [3.63, 3.8) is 0 Å². The van der Waals surface area contributed by atoms with Crippen LogP contribution in [-0.4, -0.2) is 33.5 Å². The molecule has 0 fully saturated rings. The summed E-state index contributed by atoms with van der Waals surface area (Å²) >= 11 is 1.39. The average Bonchev–Trinajstić information content (AvgIpc) is 3.24. The fourth-order valence-corrected chi connectivity index (χ4v) is 4.60. The van der Waals surface area contributed by atoms with Crippen LogP contribution in [0.2, 0.25) is 0 Å². The molecule has 0 saturated heterocycles. The van der Waals surface area contributed by atoms with Gasteiger partial charge >= 0.3 is 0 Å². The van der Waals surface area contributed by atoms with E-state index in [2.05, 4.69) is 64.3 Å². The van der Waals surface area contributed by atoms with E-state index in [4.69, 9.17) is 4.74 Å². The maximum absolute atomic E-state index is 12.6. The summed E-state index contributed by atoms with van der Waals surface area (Å²) in [6.07, 6.45) is 0.654. The SMILES string of the molecule is COc1ccccc1CNC(=O)CSc1nnc(Cc2ccccc2)n1-c1ccc(C)cc1C. The van der Waals surface area contributed by atoms with Crippen molar-refractivity contribution < 1.29 is 9.53 Å². The number of nitrogens with zero attached hydrogens (tertiary/aromatic N) is 3. The molecule has 0 aliphatic rings. The van der Waals surface area contributed by atoms with Crippen molar-refractivity contribution >= 4 is 17.7 Å². The van der Waals surface area contributed by atoms with Crippen LogP contribution in [0.4, 0.5) is 0 Å². The highest BCUT2D eigenvalue weighted by atomic mass is 32.2. The van der Waals surface area contributed by atoms with Crippen LogP contribution < -0.4 is 10.1 Å². The van der Waals surface area contributed by atoms with Gasteiger partial charge in [0.15, 0.2) is 5.16 Å². The standard InChI is InChI=1S/C27H28N4O2S/c1-19-13-14-23(20(2)15-19)31-25(16-21-9-5-4-6-10-21)29-30-27(31)34-18-26(32)28-17-22-11-7-8-12-24(22)33-3/h4-15H,16-18H2,1-3H3,(H,28,32). The fourth-order valence-electron chi connectivity index (χ4n) is 3.81. The molecule has 1 amide bonds. The maximum Gasteiger partial charge on any atom is 0.230 e. The molecule has 7 heteroatoms. The number of hydrogen-bond donors (Lipinski definition) is 1. The number of thioether (sulfide) groups is 1. The second kappa shape index (κ2) is 11.0. The number of ether oxygens (including phenoxy) is 1. The second-order valence-corrected chi connectivity index (χ2v) is 9.01. The minimum atomic E-state index is -0.0734. The summed E-state index contributed by atoms with van der Waals surface area (Å²) in [6.45, 7) is 4.57. The Morgan fingerprint density at radius 3 is 2.53 bits per heavy atom. The first-order valence-electron chi connectivity index (χ1n) is 11.1. The van der Waals surface area contributed by atoms with Gasteiger partial charge in [0.05, 0.1) is 18.6 Å². The molecule has 1 heterocycles.